The summed E-state index contributed by atoms with van der Waals surface area (Å²) < 4.78 is 7.49. The maximum absolute atomic E-state index is 7.49. The second kappa shape index (κ2) is 5.23. The van der Waals surface area contributed by atoms with Crippen molar-refractivity contribution in [3.8, 4) is 0 Å². The molecule has 0 amide bonds. The van der Waals surface area contributed by atoms with Crippen molar-refractivity contribution in [2.24, 2.45) is 0 Å². The Kier molecular flexibility index (Phi) is 5.03. The number of hydrogen-bond acceptors (Lipinski definition) is 0. The van der Waals surface area contributed by atoms with Crippen LogP contribution in [0.3, 0.4) is 0 Å². The van der Waals surface area contributed by atoms with Crippen molar-refractivity contribution in [1.82, 2.24) is 0 Å². The van der Waals surface area contributed by atoms with E-state index in [4.69, 9.17) is 1.37 Å². The van der Waals surface area contributed by atoms with Gasteiger partial charge in [-0.2, -0.15) is 0 Å². The first-order valence-electron chi connectivity index (χ1n) is 4.68. The van der Waals surface area contributed by atoms with E-state index in [2.05, 4.69) is 6.92 Å². The molecule has 0 aromatic carbocycles. The largest absolute Gasteiger partial charge is 0.0672 e. The molecule has 1 saturated heterocycles. The quantitative estimate of drug-likeness (QED) is 0.613. The predicted molar refractivity (Wildman–Crippen MR) is 47.0 cm³/mol. The van der Waals surface area contributed by atoms with Gasteiger partial charge >= 0.3 is 0 Å². The minimum Gasteiger partial charge on any atom is -0.0464 e. The Labute approximate surface area is 92.2 Å². The van der Waals surface area contributed by atoms with Crippen molar-refractivity contribution in [3.63, 3.8) is 0 Å². The van der Waals surface area contributed by atoms with Gasteiger partial charge in [-0.3, -0.25) is 0 Å². The molecule has 1 heterocycles. The summed E-state index contributed by atoms with van der Waals surface area (Å²) in [6.07, 6.45) is 8.44. The zero-order valence-corrected chi connectivity index (χ0v) is 10.7. The van der Waals surface area contributed by atoms with Crippen LogP contribution in [0.1, 0.15) is 27.6 Å². The molecule has 1 aliphatic heterocycles. The topological polar surface area (TPSA) is 0 Å². The van der Waals surface area contributed by atoms with Crippen LogP contribution in [0.4, 0.5) is 0 Å². The molecular formula is C8H18PY+. The summed E-state index contributed by atoms with van der Waals surface area (Å²) in [4.78, 5) is 0. The molecule has 0 saturated carbocycles. The molecule has 2 heteroatoms. The summed E-state index contributed by atoms with van der Waals surface area (Å²) >= 11 is 0. The second-order valence-corrected chi connectivity index (χ2v) is 7.38. The van der Waals surface area contributed by atoms with Crippen LogP contribution in [0.25, 0.3) is 0 Å². The van der Waals surface area contributed by atoms with Gasteiger partial charge in [-0.25, -0.2) is 0 Å². The molecule has 0 atom stereocenters. The number of rotatable bonds is 1. The standard InChI is InChI=1S/C8H18P.Y/c1-3-9(2)7-5-4-6-8-9;/h3-8H2,1-2H3;/q+1;/i2D;. The van der Waals surface area contributed by atoms with Crippen LogP contribution in [0.5, 0.6) is 0 Å². The Bertz CT molecular complexity index is 96.3. The zero-order valence-electron chi connectivity index (χ0n) is 7.97. The van der Waals surface area contributed by atoms with Gasteiger partial charge in [0.1, 0.15) is 0 Å². The van der Waals surface area contributed by atoms with Gasteiger partial charge in [-0.05, 0) is 26.2 Å². The molecule has 1 radical (unpaired) electrons. The van der Waals surface area contributed by atoms with E-state index in [0.717, 1.165) is 6.64 Å². The molecule has 0 aromatic heterocycles. The Hall–Kier alpha value is 1.53. The van der Waals surface area contributed by atoms with Gasteiger partial charge in [0, 0.05) is 46.6 Å². The van der Waals surface area contributed by atoms with Gasteiger partial charge in [0.05, 0.1) is 19.9 Å². The maximum Gasteiger partial charge on any atom is 0.0672 e. The van der Waals surface area contributed by atoms with Gasteiger partial charge in [-0.15, -0.1) is 0 Å². The average molecular weight is 235 g/mol. The smallest absolute Gasteiger partial charge is 0.0464 e. The van der Waals surface area contributed by atoms with Crippen LogP contribution in [-0.4, -0.2) is 25.1 Å². The van der Waals surface area contributed by atoms with E-state index in [9.17, 15) is 0 Å². The SMILES string of the molecule is [2H]C[P+]1(CC)CCCCC1.[Y]. The zero-order chi connectivity index (χ0) is 7.45. The second-order valence-electron chi connectivity index (χ2n) is 3.17. The summed E-state index contributed by atoms with van der Waals surface area (Å²) in [6, 6.07) is 0. The molecule has 1 aliphatic rings. The third-order valence-corrected chi connectivity index (χ3v) is 6.31. The van der Waals surface area contributed by atoms with Crippen molar-refractivity contribution < 1.29 is 34.1 Å². The van der Waals surface area contributed by atoms with Gasteiger partial charge in [0.2, 0.25) is 0 Å². The van der Waals surface area contributed by atoms with Gasteiger partial charge in [0.15, 0.2) is 0 Å². The van der Waals surface area contributed by atoms with Gasteiger partial charge in [0.25, 0.3) is 0 Å². The molecule has 0 aliphatic carbocycles. The summed E-state index contributed by atoms with van der Waals surface area (Å²) in [6.45, 7) is 3.05. The average Bonchev–Trinajstić information content (AvgIpc) is 2.06. The maximum atomic E-state index is 7.49. The molecule has 0 unspecified atom stereocenters. The van der Waals surface area contributed by atoms with E-state index in [1.54, 1.807) is 0 Å². The van der Waals surface area contributed by atoms with Crippen LogP contribution < -0.4 is 0 Å². The fraction of sp³-hybridized carbons (Fsp3) is 1.00. The molecular weight excluding hydrogens is 216 g/mol. The van der Waals surface area contributed by atoms with Crippen molar-refractivity contribution in [1.29, 1.82) is 0 Å². The van der Waals surface area contributed by atoms with E-state index in [0.29, 0.717) is 0 Å². The molecule has 0 N–H and O–H groups in total. The van der Waals surface area contributed by atoms with E-state index < -0.39 is 7.26 Å². The Morgan fingerprint density at radius 3 is 2.20 bits per heavy atom. The monoisotopic (exact) mass is 235 g/mol. The van der Waals surface area contributed by atoms with Crippen LogP contribution in [0.15, 0.2) is 0 Å². The summed E-state index contributed by atoms with van der Waals surface area (Å²) in [7, 11) is -0.685. The Morgan fingerprint density at radius 1 is 1.30 bits per heavy atom. The summed E-state index contributed by atoms with van der Waals surface area (Å²) in [5, 5.41) is 0. The van der Waals surface area contributed by atoms with E-state index >= 15 is 0 Å². The third-order valence-electron chi connectivity index (χ3n) is 2.44. The van der Waals surface area contributed by atoms with Crippen LogP contribution in [-0.2, 0) is 32.7 Å². The van der Waals surface area contributed by atoms with Crippen molar-refractivity contribution in [2.45, 2.75) is 26.2 Å². The van der Waals surface area contributed by atoms with Crippen LogP contribution >= 0.6 is 7.26 Å². The summed E-state index contributed by atoms with van der Waals surface area (Å²) in [5.74, 6) is 0. The van der Waals surface area contributed by atoms with Gasteiger partial charge < -0.3 is 0 Å². The fourth-order valence-electron chi connectivity index (χ4n) is 1.50. The minimum atomic E-state index is -0.685. The fourth-order valence-corrected chi connectivity index (χ4v) is 4.14. The molecule has 0 nitrogen and oxygen atoms in total. The van der Waals surface area contributed by atoms with Crippen LogP contribution in [0.2, 0.25) is 0 Å². The summed E-state index contributed by atoms with van der Waals surface area (Å²) in [5.41, 5.74) is 0. The van der Waals surface area contributed by atoms with Crippen molar-refractivity contribution in [3.05, 3.63) is 0 Å². The Balaban J connectivity index is 0.000001000. The first-order chi connectivity index (χ1) is 4.83. The first-order valence-corrected chi connectivity index (χ1v) is 6.50. The molecule has 0 bridgehead atoms. The van der Waals surface area contributed by atoms with E-state index in [1.807, 2.05) is 0 Å². The van der Waals surface area contributed by atoms with Crippen LogP contribution in [0, 0.1) is 0 Å². The van der Waals surface area contributed by atoms with E-state index in [-0.39, 0.29) is 32.7 Å². The molecule has 0 aromatic rings. The normalized spacial score (nSPS) is 24.7. The van der Waals surface area contributed by atoms with Crippen molar-refractivity contribution in [2.75, 3.05) is 25.1 Å². The molecule has 1 rings (SSSR count). The Morgan fingerprint density at radius 2 is 1.90 bits per heavy atom. The first kappa shape index (κ1) is 9.62. The molecule has 10 heavy (non-hydrogen) atoms. The van der Waals surface area contributed by atoms with E-state index in [1.165, 1.54) is 37.7 Å². The number of hydrogen-bond donors (Lipinski definition) is 0. The molecule has 57 valence electrons. The van der Waals surface area contributed by atoms with Gasteiger partial charge in [-0.1, -0.05) is 0 Å². The minimum absolute atomic E-state index is 0. The molecule has 1 fully saturated rings. The predicted octanol–water partition coefficient (Wildman–Crippen LogP) is 2.84. The molecule has 0 spiro atoms. The third kappa shape index (κ3) is 3.29. The van der Waals surface area contributed by atoms with Crippen molar-refractivity contribution >= 4 is 7.26 Å².